The number of H-pyrrole nitrogens is 1. The minimum atomic E-state index is -1.52. The van der Waals surface area contributed by atoms with Gasteiger partial charge in [0.25, 0.3) is 5.91 Å². The predicted molar refractivity (Wildman–Crippen MR) is 265 cm³/mol. The van der Waals surface area contributed by atoms with Crippen LogP contribution in [0.15, 0.2) is 61.1 Å². The van der Waals surface area contributed by atoms with Gasteiger partial charge in [0, 0.05) is 36.8 Å². The van der Waals surface area contributed by atoms with Crippen molar-refractivity contribution >= 4 is 42.6 Å². The molecule has 6 amide bonds. The molecule has 2 heterocycles. The number of hydrogen-bond donors (Lipinski definition) is 9. The van der Waals surface area contributed by atoms with Gasteiger partial charge >= 0.3 is 7.12 Å². The number of aryl methyl sites for hydroxylation is 1. The number of aromatic amines is 1. The second-order valence-electron chi connectivity index (χ2n) is 20.2. The first kappa shape index (κ1) is 53.7. The quantitative estimate of drug-likeness (QED) is 0.0440. The molecule has 0 spiro atoms. The summed E-state index contributed by atoms with van der Waals surface area (Å²) in [7, 11) is -0.691. The van der Waals surface area contributed by atoms with Gasteiger partial charge in [-0.25, -0.2) is 4.98 Å². The number of nitrogens with one attached hydrogen (secondary N) is 7. The zero-order chi connectivity index (χ0) is 50.8. The highest BCUT2D eigenvalue weighted by Crippen LogP contribution is 2.65. The maximum absolute atomic E-state index is 13.9. The zero-order valence-corrected chi connectivity index (χ0v) is 41.8. The molecule has 3 saturated carbocycles. The van der Waals surface area contributed by atoms with Crippen LogP contribution in [-0.4, -0.2) is 119 Å². The summed E-state index contributed by atoms with van der Waals surface area (Å²) in [4.78, 5) is 88.0. The molecule has 70 heavy (non-hydrogen) atoms. The van der Waals surface area contributed by atoms with Crippen LogP contribution in [0.1, 0.15) is 121 Å². The number of carbonyl (C=O) groups excluding carboxylic acids is 6. The maximum Gasteiger partial charge on any atom is 0.481 e. The van der Waals surface area contributed by atoms with Crippen LogP contribution in [0.2, 0.25) is 0 Å². The zero-order valence-electron chi connectivity index (χ0n) is 41.8. The van der Waals surface area contributed by atoms with E-state index in [1.807, 2.05) is 12.1 Å². The van der Waals surface area contributed by atoms with E-state index in [1.54, 1.807) is 25.3 Å². The van der Waals surface area contributed by atoms with Gasteiger partial charge in [0.2, 0.25) is 29.5 Å². The van der Waals surface area contributed by atoms with E-state index >= 15 is 0 Å². The van der Waals surface area contributed by atoms with Gasteiger partial charge < -0.3 is 57.0 Å². The summed E-state index contributed by atoms with van der Waals surface area (Å²) in [5.41, 5.74) is 9.69. The number of hydrogen-bond acceptors (Lipinski definition) is 11. The van der Waals surface area contributed by atoms with Gasteiger partial charge in [-0.15, -0.1) is 0 Å². The van der Waals surface area contributed by atoms with Crippen molar-refractivity contribution in [3.05, 3.63) is 77.9 Å². The molecule has 1 aliphatic heterocycles. The number of nitrogens with zero attached hydrogens (tertiary/aromatic N) is 1. The molecule has 380 valence electrons. The lowest BCUT2D eigenvalue weighted by atomic mass is 9.43. The molecule has 10 atom stereocenters. The molecule has 10 N–H and O–H groups in total. The summed E-state index contributed by atoms with van der Waals surface area (Å²) >= 11 is 0. The van der Waals surface area contributed by atoms with Crippen LogP contribution < -0.4 is 37.6 Å². The Morgan fingerprint density at radius 2 is 1.53 bits per heavy atom. The van der Waals surface area contributed by atoms with Crippen molar-refractivity contribution in [2.75, 3.05) is 13.1 Å². The molecule has 2 bridgehead atoms. The molecule has 19 heteroatoms. The standard InChI is InChI=1S/C51H74BN9O9/c1-8-9-12-33-14-16-34(17-15-33)35-18-20-36(21-19-35)46(65)55-24-22-43(63)59-39(13-10-11-23-53)47(66)61-44(31(3)62)49(68)57-30(2)45(64)60-40(27-38-28-54-29-56-38)48(67)58-32(4)52-69-42-26-37-25-41(50(37,5)6)51(42,7)70-52/h14-21,28-32,37,39-42,44,62H,8-13,22-27,53H2,1-7H3,(H,54,56)(H,55,65)(H,57,68)(H,58,67)(H,59,63)(H,60,64)(H,61,66)/t30-,31+,32-,37-,39-,40-,41-,42?,44-,51-/m0/s1. The molecular formula is C51H74BN9O9. The summed E-state index contributed by atoms with van der Waals surface area (Å²) in [6, 6.07) is 10.6. The molecule has 1 aromatic heterocycles. The topological polar surface area (TPSA) is 268 Å². The molecule has 1 unspecified atom stereocenters. The molecule has 3 aromatic rings. The lowest BCUT2D eigenvalue weighted by Crippen LogP contribution is -2.65. The SMILES string of the molecule is CCCCc1ccc(-c2ccc(C(=O)NCCC(=O)N[C@@H](CCCCN)C(=O)N[C@H](C(=O)N[C@@H](C)C(=O)N[C@@H](Cc3cnc[nH]3)C(=O)N[C@@H](C)B3OC4C[C@@H]5C[C@@H](C5(C)C)[C@]4(C)O3)[C@@H](C)O)cc2)cc1. The fraction of sp³-hybridized carbons (Fsp3) is 0.588. The van der Waals surface area contributed by atoms with Crippen LogP contribution in [-0.2, 0) is 46.1 Å². The van der Waals surface area contributed by atoms with E-state index < -0.39 is 78.5 Å². The number of amides is 6. The van der Waals surface area contributed by atoms with Crippen molar-refractivity contribution in [1.29, 1.82) is 0 Å². The predicted octanol–water partition coefficient (Wildman–Crippen LogP) is 3.02. The van der Waals surface area contributed by atoms with Crippen molar-refractivity contribution in [3.8, 4) is 11.1 Å². The first-order valence-corrected chi connectivity index (χ1v) is 25.0. The summed E-state index contributed by atoms with van der Waals surface area (Å²) in [5.74, 6) is -3.37. The van der Waals surface area contributed by atoms with Crippen molar-refractivity contribution in [1.82, 2.24) is 41.9 Å². The number of imidazole rings is 1. The Hall–Kier alpha value is -5.63. The smallest absolute Gasteiger partial charge is 0.404 e. The number of benzene rings is 2. The van der Waals surface area contributed by atoms with Gasteiger partial charge in [-0.1, -0.05) is 63.6 Å². The van der Waals surface area contributed by atoms with Gasteiger partial charge in [-0.2, -0.15) is 0 Å². The van der Waals surface area contributed by atoms with Crippen LogP contribution in [0.4, 0.5) is 0 Å². The molecule has 4 aliphatic rings. The lowest BCUT2D eigenvalue weighted by Gasteiger charge is -2.64. The molecule has 1 saturated heterocycles. The van der Waals surface area contributed by atoms with Gasteiger partial charge in [0.05, 0.1) is 30.1 Å². The van der Waals surface area contributed by atoms with Gasteiger partial charge in [0.15, 0.2) is 0 Å². The number of aromatic nitrogens is 2. The third kappa shape index (κ3) is 13.2. The minimum absolute atomic E-state index is 0.00648. The lowest BCUT2D eigenvalue weighted by molar-refractivity contribution is -0.199. The Morgan fingerprint density at radius 3 is 2.16 bits per heavy atom. The summed E-state index contributed by atoms with van der Waals surface area (Å²) in [5, 5.41) is 26.9. The third-order valence-corrected chi connectivity index (χ3v) is 14.7. The van der Waals surface area contributed by atoms with Gasteiger partial charge in [-0.3, -0.25) is 28.8 Å². The van der Waals surface area contributed by atoms with E-state index in [9.17, 15) is 33.9 Å². The highest BCUT2D eigenvalue weighted by atomic mass is 16.7. The largest absolute Gasteiger partial charge is 0.481 e. The summed E-state index contributed by atoms with van der Waals surface area (Å²) in [6.45, 7) is 13.7. The van der Waals surface area contributed by atoms with Crippen molar-refractivity contribution < 1.29 is 43.2 Å². The van der Waals surface area contributed by atoms with E-state index in [4.69, 9.17) is 15.0 Å². The minimum Gasteiger partial charge on any atom is -0.404 e. The Labute approximate surface area is 412 Å². The Kier molecular flexibility index (Phi) is 18.4. The number of carbonyl (C=O) groups is 6. The average molecular weight is 968 g/mol. The van der Waals surface area contributed by atoms with E-state index in [1.165, 1.54) is 25.7 Å². The second-order valence-corrected chi connectivity index (χ2v) is 20.2. The Balaban J connectivity index is 0.992. The average Bonchev–Trinajstić information content (AvgIpc) is 3.99. The first-order valence-electron chi connectivity index (χ1n) is 25.0. The fourth-order valence-electron chi connectivity index (χ4n) is 10.1. The van der Waals surface area contributed by atoms with E-state index in [2.05, 4.69) is 93.8 Å². The molecular weight excluding hydrogens is 893 g/mol. The van der Waals surface area contributed by atoms with Gasteiger partial charge in [-0.05, 0) is 125 Å². The van der Waals surface area contributed by atoms with Crippen LogP contribution in [0.5, 0.6) is 0 Å². The Bertz CT molecular complexity index is 2260. The van der Waals surface area contributed by atoms with Crippen molar-refractivity contribution in [2.45, 2.75) is 161 Å². The fourth-order valence-corrected chi connectivity index (χ4v) is 10.1. The van der Waals surface area contributed by atoms with Crippen molar-refractivity contribution in [3.63, 3.8) is 0 Å². The van der Waals surface area contributed by atoms with Crippen LogP contribution in [0, 0.1) is 17.3 Å². The van der Waals surface area contributed by atoms with Crippen LogP contribution in [0.3, 0.4) is 0 Å². The monoisotopic (exact) mass is 968 g/mol. The maximum atomic E-state index is 13.9. The number of aliphatic hydroxyl groups excluding tert-OH is 1. The number of unbranched alkanes of at least 4 members (excludes halogenated alkanes) is 2. The molecule has 18 nitrogen and oxygen atoms in total. The molecule has 4 fully saturated rings. The molecule has 2 aromatic carbocycles. The highest BCUT2D eigenvalue weighted by molar-refractivity contribution is 6.47. The van der Waals surface area contributed by atoms with E-state index in [0.29, 0.717) is 42.5 Å². The van der Waals surface area contributed by atoms with Crippen molar-refractivity contribution in [2.24, 2.45) is 23.0 Å². The summed E-state index contributed by atoms with van der Waals surface area (Å²) in [6.07, 6.45) is 7.91. The van der Waals surface area contributed by atoms with E-state index in [0.717, 1.165) is 43.2 Å². The van der Waals surface area contributed by atoms with Gasteiger partial charge in [0.1, 0.15) is 24.2 Å². The molecule has 3 aliphatic carbocycles. The van der Waals surface area contributed by atoms with Crippen LogP contribution in [0.25, 0.3) is 11.1 Å². The summed E-state index contributed by atoms with van der Waals surface area (Å²) < 4.78 is 12.9. The normalized spacial score (nSPS) is 22.4. The Morgan fingerprint density at radius 1 is 0.843 bits per heavy atom. The highest BCUT2D eigenvalue weighted by Gasteiger charge is 2.68. The number of aliphatic hydroxyl groups is 1. The van der Waals surface area contributed by atoms with Crippen LogP contribution >= 0.6 is 0 Å². The third-order valence-electron chi connectivity index (χ3n) is 14.7. The first-order chi connectivity index (χ1) is 33.3. The molecule has 0 radical (unpaired) electrons. The number of rotatable bonds is 25. The second kappa shape index (κ2) is 24.0. The van der Waals surface area contributed by atoms with E-state index in [-0.39, 0.29) is 43.2 Å². The number of nitrogens with two attached hydrogens (primary N) is 1. The molecule has 7 rings (SSSR count).